The van der Waals surface area contributed by atoms with E-state index in [0.29, 0.717) is 49.0 Å². The fourth-order valence-electron chi connectivity index (χ4n) is 3.60. The highest BCUT2D eigenvalue weighted by Gasteiger charge is 2.60. The smallest absolute Gasteiger partial charge is 0.272 e. The van der Waals surface area contributed by atoms with Crippen molar-refractivity contribution in [2.75, 3.05) is 13.1 Å². The van der Waals surface area contributed by atoms with E-state index in [4.69, 9.17) is 0 Å². The summed E-state index contributed by atoms with van der Waals surface area (Å²) >= 11 is 0. The molecule has 7 nitrogen and oxygen atoms in total. The van der Waals surface area contributed by atoms with Gasteiger partial charge >= 0.3 is 0 Å². The summed E-state index contributed by atoms with van der Waals surface area (Å²) in [5.74, 6) is -0.216. The molecule has 0 saturated heterocycles. The molecule has 1 aromatic heterocycles. The van der Waals surface area contributed by atoms with Crippen LogP contribution in [0, 0.1) is 0 Å². The molecule has 1 amide bonds. The average Bonchev–Trinajstić information content (AvgIpc) is 3.40. The van der Waals surface area contributed by atoms with E-state index in [-0.39, 0.29) is 17.7 Å². The van der Waals surface area contributed by atoms with Crippen LogP contribution in [0.15, 0.2) is 0 Å². The van der Waals surface area contributed by atoms with Gasteiger partial charge in [-0.2, -0.15) is 5.10 Å². The van der Waals surface area contributed by atoms with Gasteiger partial charge in [-0.05, 0) is 32.1 Å². The van der Waals surface area contributed by atoms with Gasteiger partial charge in [-0.25, -0.2) is 8.42 Å². The lowest BCUT2D eigenvalue weighted by Crippen LogP contribution is -2.46. The number of rotatable bonds is 5. The molecule has 2 saturated carbocycles. The summed E-state index contributed by atoms with van der Waals surface area (Å²) in [5.41, 5.74) is 1.40. The number of amides is 1. The second-order valence-corrected chi connectivity index (χ2v) is 9.48. The Morgan fingerprint density at radius 2 is 2.04 bits per heavy atom. The van der Waals surface area contributed by atoms with Crippen LogP contribution in [0.4, 0.5) is 0 Å². The molecule has 3 aliphatic rings. The summed E-state index contributed by atoms with van der Waals surface area (Å²) < 4.78 is 25.9. The number of carbonyl (C=O) groups excluding carboxylic acids is 2. The molecule has 8 heteroatoms. The van der Waals surface area contributed by atoms with Crippen LogP contribution >= 0.6 is 0 Å². The molecule has 0 unspecified atom stereocenters. The van der Waals surface area contributed by atoms with Crippen LogP contribution in [0.3, 0.4) is 0 Å². The van der Waals surface area contributed by atoms with Crippen molar-refractivity contribution in [1.29, 1.82) is 0 Å². The Labute approximate surface area is 134 Å². The molecule has 0 spiro atoms. The number of nitrogens with zero attached hydrogens (tertiary/aromatic N) is 3. The minimum absolute atomic E-state index is 0.196. The Morgan fingerprint density at radius 3 is 2.61 bits per heavy atom. The molecule has 2 heterocycles. The first-order valence-corrected chi connectivity index (χ1v) is 9.48. The van der Waals surface area contributed by atoms with Crippen LogP contribution in [0.2, 0.25) is 0 Å². The molecule has 0 atom stereocenters. The van der Waals surface area contributed by atoms with Gasteiger partial charge in [0.25, 0.3) is 5.91 Å². The van der Waals surface area contributed by atoms with Gasteiger partial charge in [0.05, 0.1) is 10.00 Å². The second-order valence-electron chi connectivity index (χ2n) is 6.86. The van der Waals surface area contributed by atoms with Gasteiger partial charge < -0.3 is 4.90 Å². The Hall–Kier alpha value is -1.70. The fraction of sp³-hybridized carbons (Fsp3) is 0.667. The highest BCUT2D eigenvalue weighted by atomic mass is 32.2. The molecule has 124 valence electrons. The molecule has 2 fully saturated rings. The third kappa shape index (κ3) is 2.07. The molecular weight excluding hydrogens is 318 g/mol. The van der Waals surface area contributed by atoms with Crippen molar-refractivity contribution in [3.8, 4) is 0 Å². The minimum atomic E-state index is -3.14. The van der Waals surface area contributed by atoms with Gasteiger partial charge in [-0.3, -0.25) is 14.3 Å². The van der Waals surface area contributed by atoms with Crippen molar-refractivity contribution in [1.82, 2.24) is 14.7 Å². The molecule has 0 radical (unpaired) electrons. The molecule has 0 bridgehead atoms. The quantitative estimate of drug-likeness (QED) is 0.723. The van der Waals surface area contributed by atoms with Gasteiger partial charge in [0.1, 0.15) is 11.4 Å². The molecular formula is C15H19N3O4S. The van der Waals surface area contributed by atoms with Gasteiger partial charge in [-0.1, -0.05) is 0 Å². The zero-order valence-corrected chi connectivity index (χ0v) is 13.8. The van der Waals surface area contributed by atoms with E-state index >= 15 is 0 Å². The van der Waals surface area contributed by atoms with Crippen molar-refractivity contribution in [3.05, 3.63) is 17.0 Å². The zero-order chi connectivity index (χ0) is 16.4. The Balaban J connectivity index is 1.61. The van der Waals surface area contributed by atoms with E-state index in [1.54, 1.807) is 11.9 Å². The Bertz CT molecular complexity index is 803. The SMILES string of the molecule is Cn1nc(C=O)c2c1C(=O)N(CC1(S(=O)(=O)C3CC3)CC1)CC2. The van der Waals surface area contributed by atoms with Gasteiger partial charge in [0, 0.05) is 25.7 Å². The van der Waals surface area contributed by atoms with Crippen LogP contribution in [-0.4, -0.2) is 58.4 Å². The summed E-state index contributed by atoms with van der Waals surface area (Å²) in [6.07, 6.45) is 4.02. The lowest BCUT2D eigenvalue weighted by molar-refractivity contribution is 0.0724. The maximum atomic E-state index is 12.7. The second kappa shape index (κ2) is 4.66. The summed E-state index contributed by atoms with van der Waals surface area (Å²) in [6.45, 7) is 0.714. The van der Waals surface area contributed by atoms with Crippen molar-refractivity contribution < 1.29 is 18.0 Å². The number of sulfone groups is 1. The summed E-state index contributed by atoms with van der Waals surface area (Å²) in [5, 5.41) is 3.88. The van der Waals surface area contributed by atoms with Crippen molar-refractivity contribution in [3.63, 3.8) is 0 Å². The number of aromatic nitrogens is 2. The minimum Gasteiger partial charge on any atom is -0.335 e. The van der Waals surface area contributed by atoms with E-state index < -0.39 is 14.6 Å². The van der Waals surface area contributed by atoms with Gasteiger partial charge in [0.15, 0.2) is 16.1 Å². The van der Waals surface area contributed by atoms with Crippen LogP contribution in [0.25, 0.3) is 0 Å². The molecule has 0 N–H and O–H groups in total. The summed E-state index contributed by atoms with van der Waals surface area (Å²) in [6, 6.07) is 0. The van der Waals surface area contributed by atoms with Crippen LogP contribution in [-0.2, 0) is 23.3 Å². The third-order valence-corrected chi connectivity index (χ3v) is 8.36. The zero-order valence-electron chi connectivity index (χ0n) is 13.0. The first kappa shape index (κ1) is 14.9. The average molecular weight is 337 g/mol. The molecule has 2 aliphatic carbocycles. The van der Waals surface area contributed by atoms with E-state index in [1.165, 1.54) is 4.68 Å². The lowest BCUT2D eigenvalue weighted by Gasteiger charge is -2.31. The number of fused-ring (bicyclic) bond motifs is 1. The summed E-state index contributed by atoms with van der Waals surface area (Å²) in [7, 11) is -1.50. The van der Waals surface area contributed by atoms with Crippen LogP contribution < -0.4 is 0 Å². The normalized spacial score (nSPS) is 22.8. The Morgan fingerprint density at radius 1 is 1.35 bits per heavy atom. The standard InChI is InChI=1S/C15H19N3O4S/c1-17-13-11(12(8-19)16-17)4-7-18(14(13)20)9-15(5-6-15)23(21,22)10-2-3-10/h8,10H,2-7,9H2,1H3. The number of hydrogen-bond acceptors (Lipinski definition) is 5. The van der Waals surface area contributed by atoms with Gasteiger partial charge in [0.2, 0.25) is 0 Å². The van der Waals surface area contributed by atoms with E-state index in [2.05, 4.69) is 5.10 Å². The number of aldehydes is 1. The number of aryl methyl sites for hydroxylation is 1. The monoisotopic (exact) mass is 337 g/mol. The maximum absolute atomic E-state index is 12.7. The van der Waals surface area contributed by atoms with E-state index in [9.17, 15) is 18.0 Å². The van der Waals surface area contributed by atoms with E-state index in [0.717, 1.165) is 12.8 Å². The maximum Gasteiger partial charge on any atom is 0.272 e. The Kier molecular flexibility index (Phi) is 3.01. The molecule has 0 aromatic carbocycles. The highest BCUT2D eigenvalue weighted by molar-refractivity contribution is 7.94. The molecule has 4 rings (SSSR count). The summed E-state index contributed by atoms with van der Waals surface area (Å²) in [4.78, 5) is 25.4. The topological polar surface area (TPSA) is 89.3 Å². The van der Waals surface area contributed by atoms with Crippen LogP contribution in [0.1, 0.15) is 52.2 Å². The first-order chi connectivity index (χ1) is 10.9. The first-order valence-electron chi connectivity index (χ1n) is 7.93. The molecule has 23 heavy (non-hydrogen) atoms. The fourth-order valence-corrected chi connectivity index (χ4v) is 6.07. The number of hydrogen-bond donors (Lipinski definition) is 0. The molecule has 1 aliphatic heterocycles. The van der Waals surface area contributed by atoms with Crippen LogP contribution in [0.5, 0.6) is 0 Å². The van der Waals surface area contributed by atoms with Crippen molar-refractivity contribution in [2.24, 2.45) is 7.05 Å². The lowest BCUT2D eigenvalue weighted by atomic mass is 10.0. The molecule has 1 aromatic rings. The largest absolute Gasteiger partial charge is 0.335 e. The predicted octanol–water partition coefficient (Wildman–Crippen LogP) is 0.341. The predicted molar refractivity (Wildman–Crippen MR) is 82.1 cm³/mol. The number of carbonyl (C=O) groups is 2. The van der Waals surface area contributed by atoms with Gasteiger partial charge in [-0.15, -0.1) is 0 Å². The van der Waals surface area contributed by atoms with Crippen molar-refractivity contribution in [2.45, 2.75) is 42.1 Å². The van der Waals surface area contributed by atoms with E-state index in [1.807, 2.05) is 0 Å². The third-order valence-electron chi connectivity index (χ3n) is 5.26. The van der Waals surface area contributed by atoms with Crippen molar-refractivity contribution >= 4 is 22.0 Å². The highest BCUT2D eigenvalue weighted by Crippen LogP contribution is 2.50.